The lowest BCUT2D eigenvalue weighted by molar-refractivity contribution is -0.115. The van der Waals surface area contributed by atoms with Crippen LogP contribution in [0.2, 0.25) is 0 Å². The van der Waals surface area contributed by atoms with Crippen molar-refractivity contribution in [1.29, 1.82) is 0 Å². The molecule has 5 rings (SSSR count). The van der Waals surface area contributed by atoms with E-state index in [-0.39, 0.29) is 17.9 Å². The second kappa shape index (κ2) is 10.8. The van der Waals surface area contributed by atoms with Crippen LogP contribution in [0.25, 0.3) is 0 Å². The molecule has 36 heavy (non-hydrogen) atoms. The molecule has 0 aliphatic carbocycles. The van der Waals surface area contributed by atoms with Crippen molar-refractivity contribution in [3.05, 3.63) is 95.1 Å². The molecule has 2 amide bonds. The summed E-state index contributed by atoms with van der Waals surface area (Å²) in [5, 5.41) is 5.94. The van der Waals surface area contributed by atoms with Gasteiger partial charge in [0, 0.05) is 37.1 Å². The van der Waals surface area contributed by atoms with E-state index in [1.54, 1.807) is 24.4 Å². The molecule has 2 atom stereocenters. The zero-order chi connectivity index (χ0) is 24.9. The van der Waals surface area contributed by atoms with E-state index in [0.717, 1.165) is 49.7 Å². The Hall–Kier alpha value is -3.81. The second-order valence-corrected chi connectivity index (χ2v) is 9.21. The van der Waals surface area contributed by atoms with Crippen LogP contribution in [-0.4, -0.2) is 49.2 Å². The van der Waals surface area contributed by atoms with Crippen molar-refractivity contribution in [3.63, 3.8) is 0 Å². The van der Waals surface area contributed by atoms with Gasteiger partial charge in [0.25, 0.3) is 5.91 Å². The zero-order valence-electron chi connectivity index (χ0n) is 20.3. The summed E-state index contributed by atoms with van der Waals surface area (Å²) < 4.78 is 5.43. The van der Waals surface area contributed by atoms with Gasteiger partial charge in [-0.05, 0) is 53.9 Å². The summed E-state index contributed by atoms with van der Waals surface area (Å²) in [4.78, 5) is 32.6. The largest absolute Gasteiger partial charge is 0.379 e. The van der Waals surface area contributed by atoms with Crippen LogP contribution in [0.4, 0.5) is 11.4 Å². The van der Waals surface area contributed by atoms with Crippen LogP contribution in [0.15, 0.2) is 77.8 Å². The Morgan fingerprint density at radius 3 is 2.72 bits per heavy atom. The fourth-order valence-electron chi connectivity index (χ4n) is 4.59. The number of fused-ring (bicyclic) bond motifs is 1. The molecular formula is C29H30N4O3. The highest BCUT2D eigenvalue weighted by Crippen LogP contribution is 2.33. The Balaban J connectivity index is 1.29. The third-order valence-electron chi connectivity index (χ3n) is 6.63. The highest BCUT2D eigenvalue weighted by molar-refractivity contribution is 6.13. The van der Waals surface area contributed by atoms with Crippen molar-refractivity contribution in [1.82, 2.24) is 10.2 Å². The number of hydrogen-bond acceptors (Lipinski definition) is 5. The molecule has 3 aromatic rings. The third-order valence-corrected chi connectivity index (χ3v) is 6.63. The minimum absolute atomic E-state index is 0.131. The minimum atomic E-state index is -0.554. The van der Waals surface area contributed by atoms with E-state index in [4.69, 9.17) is 4.74 Å². The predicted molar refractivity (Wildman–Crippen MR) is 141 cm³/mol. The van der Waals surface area contributed by atoms with Crippen molar-refractivity contribution in [3.8, 4) is 0 Å². The number of carbonyl (C=O) groups excluding carboxylic acids is 2. The molecule has 3 aromatic carbocycles. The molecule has 2 aliphatic rings. The van der Waals surface area contributed by atoms with Crippen molar-refractivity contribution < 1.29 is 14.3 Å². The third kappa shape index (κ3) is 5.53. The van der Waals surface area contributed by atoms with Crippen LogP contribution in [-0.2, 0) is 16.1 Å². The van der Waals surface area contributed by atoms with E-state index in [1.165, 1.54) is 5.56 Å². The van der Waals surface area contributed by atoms with Gasteiger partial charge < -0.3 is 15.4 Å². The van der Waals surface area contributed by atoms with E-state index in [2.05, 4.69) is 32.7 Å². The van der Waals surface area contributed by atoms with Gasteiger partial charge in [0.1, 0.15) is 5.92 Å². The fourth-order valence-corrected chi connectivity index (χ4v) is 4.59. The van der Waals surface area contributed by atoms with E-state index in [0.29, 0.717) is 11.3 Å². The Morgan fingerprint density at radius 2 is 1.92 bits per heavy atom. The fraction of sp³-hybridized carbons (Fsp3) is 0.276. The van der Waals surface area contributed by atoms with E-state index >= 15 is 0 Å². The molecule has 0 bridgehead atoms. The zero-order valence-corrected chi connectivity index (χ0v) is 20.3. The summed E-state index contributed by atoms with van der Waals surface area (Å²) in [7, 11) is 0. The van der Waals surface area contributed by atoms with Crippen molar-refractivity contribution in [2.45, 2.75) is 25.4 Å². The Morgan fingerprint density at radius 1 is 1.11 bits per heavy atom. The highest BCUT2D eigenvalue weighted by atomic mass is 16.5. The van der Waals surface area contributed by atoms with Crippen molar-refractivity contribution in [2.75, 3.05) is 31.6 Å². The van der Waals surface area contributed by atoms with Gasteiger partial charge in [-0.3, -0.25) is 19.5 Å². The normalized spacial score (nSPS) is 18.6. The molecule has 7 nitrogen and oxygen atoms in total. The summed E-state index contributed by atoms with van der Waals surface area (Å²) in [6.45, 7) is 6.17. The maximum absolute atomic E-state index is 12.9. The lowest BCUT2D eigenvalue weighted by Gasteiger charge is -2.26. The van der Waals surface area contributed by atoms with Crippen LogP contribution >= 0.6 is 0 Å². The van der Waals surface area contributed by atoms with Crippen LogP contribution in [0, 0.1) is 0 Å². The number of rotatable bonds is 7. The van der Waals surface area contributed by atoms with Gasteiger partial charge >= 0.3 is 0 Å². The molecular weight excluding hydrogens is 452 g/mol. The molecule has 2 heterocycles. The summed E-state index contributed by atoms with van der Waals surface area (Å²) in [6, 6.07) is 23.1. The Kier molecular flexibility index (Phi) is 7.21. The lowest BCUT2D eigenvalue weighted by atomic mass is 9.99. The van der Waals surface area contributed by atoms with Crippen LogP contribution in [0.3, 0.4) is 0 Å². The molecule has 0 radical (unpaired) electrons. The van der Waals surface area contributed by atoms with E-state index in [1.807, 2.05) is 49.4 Å². The van der Waals surface area contributed by atoms with Crippen molar-refractivity contribution >= 4 is 29.4 Å². The van der Waals surface area contributed by atoms with Gasteiger partial charge in [-0.2, -0.15) is 0 Å². The summed E-state index contributed by atoms with van der Waals surface area (Å²) in [5.74, 6) is -0.879. The number of carbonyl (C=O) groups is 2. The molecule has 2 unspecified atom stereocenters. The van der Waals surface area contributed by atoms with Gasteiger partial charge in [0.15, 0.2) is 0 Å². The second-order valence-electron chi connectivity index (χ2n) is 9.21. The first-order valence-electron chi connectivity index (χ1n) is 12.3. The Bertz CT molecular complexity index is 1270. The van der Waals surface area contributed by atoms with E-state index < -0.39 is 5.92 Å². The molecule has 2 N–H and O–H groups in total. The monoisotopic (exact) mass is 482 g/mol. The number of nitrogens with zero attached hydrogens (tertiary/aromatic N) is 2. The summed E-state index contributed by atoms with van der Waals surface area (Å²) in [5.41, 5.74) is 4.99. The quantitative estimate of drug-likeness (QED) is 0.488. The molecule has 184 valence electrons. The topological polar surface area (TPSA) is 83.0 Å². The maximum Gasteiger partial charge on any atom is 0.251 e. The molecule has 0 spiro atoms. The average molecular weight is 483 g/mol. The minimum Gasteiger partial charge on any atom is -0.379 e. The molecule has 1 saturated heterocycles. The molecule has 0 aromatic heterocycles. The maximum atomic E-state index is 12.9. The number of hydrogen-bond donors (Lipinski definition) is 2. The first-order chi connectivity index (χ1) is 17.6. The van der Waals surface area contributed by atoms with Gasteiger partial charge in [0.05, 0.1) is 24.9 Å². The number of morpholine rings is 1. The van der Waals surface area contributed by atoms with Crippen LogP contribution in [0.1, 0.15) is 45.9 Å². The molecule has 2 aliphatic heterocycles. The lowest BCUT2D eigenvalue weighted by Crippen LogP contribution is -2.35. The van der Waals surface area contributed by atoms with Crippen LogP contribution < -0.4 is 10.6 Å². The number of ether oxygens (including phenoxy) is 1. The highest BCUT2D eigenvalue weighted by Gasteiger charge is 2.30. The van der Waals surface area contributed by atoms with Crippen LogP contribution in [0.5, 0.6) is 0 Å². The van der Waals surface area contributed by atoms with E-state index in [9.17, 15) is 9.59 Å². The van der Waals surface area contributed by atoms with Gasteiger partial charge in [-0.25, -0.2) is 0 Å². The number of nitrogens with one attached hydrogen (secondary N) is 2. The molecule has 7 heteroatoms. The van der Waals surface area contributed by atoms with Gasteiger partial charge in [-0.1, -0.05) is 42.5 Å². The first kappa shape index (κ1) is 23.9. The standard InChI is InChI=1S/C29H30N4O3/c1-20(22-7-3-2-4-8-22)31-28(34)23-10-11-27-25(17-23)26(29(35)32-27)18-30-24-9-5-6-21(16-24)19-33-12-14-36-15-13-33/h2-11,16-18,20,26H,12-15,19H2,1H3,(H,31,34)(H,32,35). The summed E-state index contributed by atoms with van der Waals surface area (Å²) in [6.07, 6.45) is 1.67. The van der Waals surface area contributed by atoms with Crippen molar-refractivity contribution in [2.24, 2.45) is 4.99 Å². The molecule has 0 saturated carbocycles. The van der Waals surface area contributed by atoms with Gasteiger partial charge in [0.2, 0.25) is 5.91 Å². The predicted octanol–water partition coefficient (Wildman–Crippen LogP) is 4.45. The number of benzene rings is 3. The smallest absolute Gasteiger partial charge is 0.251 e. The Labute approximate surface area is 211 Å². The average Bonchev–Trinajstić information content (AvgIpc) is 3.22. The number of amides is 2. The SMILES string of the molecule is CC(NC(=O)c1ccc2c(c1)C(C=Nc1cccc(CN3CCOCC3)c1)C(=O)N2)c1ccccc1. The molecule has 1 fully saturated rings. The first-order valence-corrected chi connectivity index (χ1v) is 12.3. The summed E-state index contributed by atoms with van der Waals surface area (Å²) >= 11 is 0. The number of anilines is 1. The van der Waals surface area contributed by atoms with Gasteiger partial charge in [-0.15, -0.1) is 0 Å². The number of aliphatic imine (C=N–C) groups is 1.